The Morgan fingerprint density at radius 2 is 1.57 bits per heavy atom. The van der Waals surface area contributed by atoms with Crippen LogP contribution < -0.4 is 4.90 Å². The van der Waals surface area contributed by atoms with Crippen molar-refractivity contribution in [2.24, 2.45) is 0 Å². The number of nitrogens with zero attached hydrogens (tertiary/aromatic N) is 3. The molecule has 0 saturated heterocycles. The fourth-order valence-electron chi connectivity index (χ4n) is 4.92. The summed E-state index contributed by atoms with van der Waals surface area (Å²) in [6.45, 7) is 5.79. The molecule has 6 heteroatoms. The van der Waals surface area contributed by atoms with Gasteiger partial charge in [0, 0.05) is 46.4 Å². The molecule has 0 radical (unpaired) electrons. The number of pyridine rings is 2. The zero-order valence-corrected chi connectivity index (χ0v) is 22.3. The van der Waals surface area contributed by atoms with Crippen molar-refractivity contribution in [1.82, 2.24) is 9.97 Å². The second-order valence-corrected chi connectivity index (χ2v) is 9.55. The molecule has 5 aromatic rings. The van der Waals surface area contributed by atoms with Crippen molar-refractivity contribution >= 4 is 39.8 Å². The van der Waals surface area contributed by atoms with E-state index in [0.717, 1.165) is 63.1 Å². The number of aromatic nitrogens is 2. The maximum Gasteiger partial charge on any atom is 0.139 e. The van der Waals surface area contributed by atoms with Crippen LogP contribution in [0.1, 0.15) is 19.4 Å². The Morgan fingerprint density at radius 1 is 0.811 bits per heavy atom. The first-order valence-corrected chi connectivity index (χ1v) is 13.1. The van der Waals surface area contributed by atoms with Gasteiger partial charge in [-0.2, -0.15) is 0 Å². The van der Waals surface area contributed by atoms with Crippen molar-refractivity contribution in [2.45, 2.75) is 20.5 Å². The van der Waals surface area contributed by atoms with Crippen LogP contribution >= 0.6 is 23.2 Å². The van der Waals surface area contributed by atoms with Gasteiger partial charge in [-0.1, -0.05) is 71.7 Å². The molecule has 0 fully saturated rings. The molecule has 0 saturated carbocycles. The van der Waals surface area contributed by atoms with E-state index in [0.29, 0.717) is 15.9 Å². The minimum atomic E-state index is -0.153. The zero-order chi connectivity index (χ0) is 25.9. The van der Waals surface area contributed by atoms with Crippen molar-refractivity contribution in [2.75, 3.05) is 18.0 Å². The molecule has 0 unspecified atom stereocenters. The number of aliphatic hydroxyl groups excluding tert-OH is 1. The van der Waals surface area contributed by atoms with Gasteiger partial charge in [-0.05, 0) is 60.9 Å². The number of benzene rings is 3. The van der Waals surface area contributed by atoms with Crippen molar-refractivity contribution < 1.29 is 5.11 Å². The molecule has 5 rings (SSSR count). The monoisotopic (exact) mass is 527 g/mol. The zero-order valence-electron chi connectivity index (χ0n) is 20.7. The van der Waals surface area contributed by atoms with Gasteiger partial charge in [-0.15, -0.1) is 0 Å². The highest BCUT2D eigenvalue weighted by molar-refractivity contribution is 6.34. The minimum Gasteiger partial charge on any atom is -0.392 e. The van der Waals surface area contributed by atoms with E-state index in [-0.39, 0.29) is 6.61 Å². The lowest BCUT2D eigenvalue weighted by Crippen LogP contribution is -2.23. The van der Waals surface area contributed by atoms with Gasteiger partial charge < -0.3 is 10.0 Å². The van der Waals surface area contributed by atoms with Crippen LogP contribution in [0.15, 0.2) is 85.1 Å². The Morgan fingerprint density at radius 3 is 2.27 bits per heavy atom. The van der Waals surface area contributed by atoms with Crippen molar-refractivity contribution in [3.63, 3.8) is 0 Å². The molecular formula is C31H27Cl2N3O. The highest BCUT2D eigenvalue weighted by Gasteiger charge is 2.21. The highest BCUT2D eigenvalue weighted by atomic mass is 35.5. The van der Waals surface area contributed by atoms with Crippen LogP contribution in [0.25, 0.3) is 44.4 Å². The minimum absolute atomic E-state index is 0.153. The molecule has 3 aromatic carbocycles. The Hall–Kier alpha value is -3.44. The average Bonchev–Trinajstić information content (AvgIpc) is 2.93. The number of fused-ring (bicyclic) bond motifs is 1. The van der Waals surface area contributed by atoms with Crippen LogP contribution in [0.4, 0.5) is 5.69 Å². The molecule has 1 N–H and O–H groups in total. The molecule has 2 heterocycles. The smallest absolute Gasteiger partial charge is 0.139 e. The summed E-state index contributed by atoms with van der Waals surface area (Å²) in [5.74, 6) is 0. The normalized spacial score (nSPS) is 11.2. The summed E-state index contributed by atoms with van der Waals surface area (Å²) in [4.78, 5) is 11.7. The van der Waals surface area contributed by atoms with Crippen molar-refractivity contribution in [3.8, 4) is 33.5 Å². The van der Waals surface area contributed by atoms with Crippen molar-refractivity contribution in [1.29, 1.82) is 0 Å². The summed E-state index contributed by atoms with van der Waals surface area (Å²) in [6.07, 6.45) is 1.77. The molecule has 0 atom stereocenters. The maximum atomic E-state index is 10.4. The summed E-state index contributed by atoms with van der Waals surface area (Å²) in [6, 6.07) is 25.8. The molecule has 0 aliphatic heterocycles. The molecule has 186 valence electrons. The van der Waals surface area contributed by atoms with Crippen LogP contribution in [0, 0.1) is 0 Å². The predicted octanol–water partition coefficient (Wildman–Crippen LogP) is 8.28. The van der Waals surface area contributed by atoms with Gasteiger partial charge in [-0.25, -0.2) is 4.98 Å². The first kappa shape index (κ1) is 25.2. The number of aliphatic hydroxyl groups is 1. The molecule has 0 aliphatic rings. The number of rotatable bonds is 7. The lowest BCUT2D eigenvalue weighted by Gasteiger charge is -2.27. The van der Waals surface area contributed by atoms with E-state index in [1.54, 1.807) is 6.20 Å². The summed E-state index contributed by atoms with van der Waals surface area (Å²) >= 11 is 13.1. The molecule has 0 amide bonds. The van der Waals surface area contributed by atoms with Gasteiger partial charge in [0.2, 0.25) is 0 Å². The van der Waals surface area contributed by atoms with E-state index in [1.165, 1.54) is 0 Å². The lowest BCUT2D eigenvalue weighted by atomic mass is 9.94. The van der Waals surface area contributed by atoms with Crippen LogP contribution in [0.3, 0.4) is 0 Å². The number of anilines is 1. The second-order valence-electron chi connectivity index (χ2n) is 8.75. The third kappa shape index (κ3) is 4.80. The van der Waals surface area contributed by atoms with E-state index in [4.69, 9.17) is 28.2 Å². The summed E-state index contributed by atoms with van der Waals surface area (Å²) in [5.41, 5.74) is 8.04. The Labute approximate surface area is 227 Å². The molecule has 4 nitrogen and oxygen atoms in total. The van der Waals surface area contributed by atoms with Gasteiger partial charge in [0.15, 0.2) is 0 Å². The van der Waals surface area contributed by atoms with Gasteiger partial charge in [0.25, 0.3) is 0 Å². The largest absolute Gasteiger partial charge is 0.392 e. The molecule has 0 aliphatic carbocycles. The number of halogens is 2. The molecule has 2 aromatic heterocycles. The van der Waals surface area contributed by atoms with E-state index < -0.39 is 0 Å². The fraction of sp³-hybridized carbons (Fsp3) is 0.161. The highest BCUT2D eigenvalue weighted by Crippen LogP contribution is 2.43. The lowest BCUT2D eigenvalue weighted by molar-refractivity contribution is 0.282. The van der Waals surface area contributed by atoms with Crippen LogP contribution in [0.2, 0.25) is 10.2 Å². The summed E-state index contributed by atoms with van der Waals surface area (Å²) < 4.78 is 0. The number of hydrogen-bond acceptors (Lipinski definition) is 4. The van der Waals surface area contributed by atoms with Crippen LogP contribution in [0.5, 0.6) is 0 Å². The van der Waals surface area contributed by atoms with Crippen LogP contribution in [-0.2, 0) is 6.61 Å². The Bertz CT molecular complexity index is 1570. The summed E-state index contributed by atoms with van der Waals surface area (Å²) in [7, 11) is 0. The topological polar surface area (TPSA) is 49.2 Å². The van der Waals surface area contributed by atoms with E-state index >= 15 is 0 Å². The first-order valence-electron chi connectivity index (χ1n) is 12.3. The predicted molar refractivity (Wildman–Crippen MR) is 155 cm³/mol. The maximum absolute atomic E-state index is 10.4. The molecular weight excluding hydrogens is 501 g/mol. The third-order valence-corrected chi connectivity index (χ3v) is 7.19. The molecule has 37 heavy (non-hydrogen) atoms. The molecule has 0 bridgehead atoms. The van der Waals surface area contributed by atoms with Crippen LogP contribution in [-0.4, -0.2) is 28.2 Å². The second kappa shape index (κ2) is 10.9. The number of hydrogen-bond donors (Lipinski definition) is 1. The average molecular weight is 528 g/mol. The quantitative estimate of drug-likeness (QED) is 0.216. The van der Waals surface area contributed by atoms with Gasteiger partial charge >= 0.3 is 0 Å². The SMILES string of the molecule is CCN(CC)c1c(-c2ccccc2)c(Cl)nc2ccc(-c3ccnc(-c4cccc(Cl)c4)c3CO)cc12. The van der Waals surface area contributed by atoms with Gasteiger partial charge in [0.05, 0.1) is 23.5 Å². The van der Waals surface area contributed by atoms with E-state index in [1.807, 2.05) is 60.7 Å². The van der Waals surface area contributed by atoms with E-state index in [2.05, 4.69) is 41.9 Å². The van der Waals surface area contributed by atoms with Crippen molar-refractivity contribution in [3.05, 3.63) is 101 Å². The first-order chi connectivity index (χ1) is 18.0. The standard InChI is InChI=1S/C31H27Cl2N3O/c1-3-36(4-2)30-25-18-21(13-14-27(25)35-31(33)28(30)20-9-6-5-7-10-20)24-15-16-34-29(26(24)19-37)22-11-8-12-23(32)17-22/h5-18,37H,3-4,19H2,1-2H3. The molecule has 0 spiro atoms. The van der Waals surface area contributed by atoms with E-state index in [9.17, 15) is 5.11 Å². The fourth-order valence-corrected chi connectivity index (χ4v) is 5.40. The summed E-state index contributed by atoms with van der Waals surface area (Å²) in [5, 5.41) is 12.6. The van der Waals surface area contributed by atoms with Gasteiger partial charge in [-0.3, -0.25) is 4.98 Å². The van der Waals surface area contributed by atoms with Gasteiger partial charge in [0.1, 0.15) is 5.15 Å². The Kier molecular flexibility index (Phi) is 7.43. The third-order valence-electron chi connectivity index (χ3n) is 6.68. The Balaban J connectivity index is 1.78.